The second-order valence-corrected chi connectivity index (χ2v) is 9.64. The zero-order valence-corrected chi connectivity index (χ0v) is 22.1. The van der Waals surface area contributed by atoms with Crippen molar-refractivity contribution in [2.24, 2.45) is 0 Å². The molecule has 0 radical (unpaired) electrons. The summed E-state index contributed by atoms with van der Waals surface area (Å²) in [7, 11) is 0. The molecule has 4 rings (SSSR count). The number of rotatable bonds is 12. The average molecular weight is 531 g/mol. The zero-order valence-electron chi connectivity index (χ0n) is 22.1. The third kappa shape index (κ3) is 6.83. The third-order valence-electron chi connectivity index (χ3n) is 6.92. The molecule has 0 saturated carbocycles. The molecule has 1 aliphatic rings. The molecule has 2 amide bonds. The number of fused-ring (bicyclic) bond motifs is 3. The Hall–Kier alpha value is -4.17. The van der Waals surface area contributed by atoms with Crippen molar-refractivity contribution in [3.63, 3.8) is 0 Å². The Morgan fingerprint density at radius 2 is 1.46 bits per heavy atom. The second-order valence-electron chi connectivity index (χ2n) is 9.64. The SMILES string of the molecule is CCC[C@@H](NC(=O)[C@H](NC(=O)OCC1c2ccccc2-c2ccccc21)[C@H](C)OCc1ccccc1)C(=O)O. The first-order valence-electron chi connectivity index (χ1n) is 13.2. The van der Waals surface area contributed by atoms with Gasteiger partial charge in [0.2, 0.25) is 5.91 Å². The quantitative estimate of drug-likeness (QED) is 0.308. The number of carboxylic acids is 1. The minimum Gasteiger partial charge on any atom is -0.480 e. The normalized spacial score (nSPS) is 14.4. The molecule has 0 saturated heterocycles. The van der Waals surface area contributed by atoms with Crippen molar-refractivity contribution < 1.29 is 29.0 Å². The maximum atomic E-state index is 13.2. The summed E-state index contributed by atoms with van der Waals surface area (Å²) in [6.07, 6.45) is -0.712. The Bertz CT molecular complexity index is 1250. The van der Waals surface area contributed by atoms with Crippen LogP contribution < -0.4 is 10.6 Å². The van der Waals surface area contributed by atoms with Gasteiger partial charge in [0.15, 0.2) is 0 Å². The van der Waals surface area contributed by atoms with Crippen LogP contribution in [0.2, 0.25) is 0 Å². The Labute approximate surface area is 228 Å². The van der Waals surface area contributed by atoms with Gasteiger partial charge in [0.05, 0.1) is 12.7 Å². The Balaban J connectivity index is 1.45. The second kappa shape index (κ2) is 13.1. The number of carboxylic acid groups (broad SMARTS) is 1. The minimum atomic E-state index is -1.16. The highest BCUT2D eigenvalue weighted by Gasteiger charge is 2.33. The van der Waals surface area contributed by atoms with E-state index < -0.39 is 36.2 Å². The van der Waals surface area contributed by atoms with Crippen LogP contribution in [0.25, 0.3) is 11.1 Å². The van der Waals surface area contributed by atoms with Gasteiger partial charge in [-0.25, -0.2) is 9.59 Å². The van der Waals surface area contributed by atoms with Gasteiger partial charge in [0, 0.05) is 5.92 Å². The number of ether oxygens (including phenoxy) is 2. The average Bonchev–Trinajstić information content (AvgIpc) is 3.27. The first-order chi connectivity index (χ1) is 18.9. The number of carbonyl (C=O) groups excluding carboxylic acids is 2. The van der Waals surface area contributed by atoms with Crippen LogP contribution >= 0.6 is 0 Å². The van der Waals surface area contributed by atoms with Crippen LogP contribution in [-0.2, 0) is 25.7 Å². The predicted molar refractivity (Wildman–Crippen MR) is 147 cm³/mol. The minimum absolute atomic E-state index is 0.0844. The van der Waals surface area contributed by atoms with Gasteiger partial charge in [-0.15, -0.1) is 0 Å². The maximum absolute atomic E-state index is 13.2. The smallest absolute Gasteiger partial charge is 0.407 e. The summed E-state index contributed by atoms with van der Waals surface area (Å²) in [6.45, 7) is 3.79. The summed E-state index contributed by atoms with van der Waals surface area (Å²) in [5, 5.41) is 14.7. The fourth-order valence-electron chi connectivity index (χ4n) is 4.87. The molecule has 39 heavy (non-hydrogen) atoms. The molecule has 1 aliphatic carbocycles. The summed E-state index contributed by atoms with van der Waals surface area (Å²) in [5.74, 6) is -1.92. The molecule has 8 nitrogen and oxygen atoms in total. The van der Waals surface area contributed by atoms with E-state index in [0.717, 1.165) is 27.8 Å². The summed E-state index contributed by atoms with van der Waals surface area (Å²) in [4.78, 5) is 37.8. The van der Waals surface area contributed by atoms with Gasteiger partial charge in [-0.1, -0.05) is 92.2 Å². The van der Waals surface area contributed by atoms with E-state index in [1.165, 1.54) is 0 Å². The lowest BCUT2D eigenvalue weighted by molar-refractivity contribution is -0.143. The molecule has 8 heteroatoms. The van der Waals surface area contributed by atoms with E-state index in [9.17, 15) is 19.5 Å². The van der Waals surface area contributed by atoms with Crippen molar-refractivity contribution in [2.45, 2.75) is 57.4 Å². The number of hydrogen-bond acceptors (Lipinski definition) is 5. The number of amides is 2. The first kappa shape index (κ1) is 27.9. The number of alkyl carbamates (subject to hydrolysis) is 1. The number of hydrogen-bond donors (Lipinski definition) is 3. The van der Waals surface area contributed by atoms with E-state index >= 15 is 0 Å². The van der Waals surface area contributed by atoms with Crippen LogP contribution in [0.1, 0.15) is 49.3 Å². The van der Waals surface area contributed by atoms with Gasteiger partial charge < -0.3 is 25.2 Å². The van der Waals surface area contributed by atoms with Crippen molar-refractivity contribution in [2.75, 3.05) is 6.61 Å². The molecular weight excluding hydrogens is 496 g/mol. The van der Waals surface area contributed by atoms with Crippen LogP contribution in [-0.4, -0.2) is 47.9 Å². The topological polar surface area (TPSA) is 114 Å². The van der Waals surface area contributed by atoms with E-state index in [1.54, 1.807) is 6.92 Å². The number of carbonyl (C=O) groups is 3. The van der Waals surface area contributed by atoms with Crippen molar-refractivity contribution in [3.8, 4) is 11.1 Å². The summed E-state index contributed by atoms with van der Waals surface area (Å²) >= 11 is 0. The largest absolute Gasteiger partial charge is 0.480 e. The van der Waals surface area contributed by atoms with Crippen LogP contribution in [0.15, 0.2) is 78.9 Å². The maximum Gasteiger partial charge on any atom is 0.407 e. The molecule has 0 bridgehead atoms. The van der Waals surface area contributed by atoms with E-state index in [4.69, 9.17) is 9.47 Å². The molecule has 0 aromatic heterocycles. The molecule has 3 aromatic carbocycles. The van der Waals surface area contributed by atoms with Crippen molar-refractivity contribution in [1.82, 2.24) is 10.6 Å². The van der Waals surface area contributed by atoms with Crippen LogP contribution in [0.3, 0.4) is 0 Å². The van der Waals surface area contributed by atoms with Crippen LogP contribution in [0.5, 0.6) is 0 Å². The van der Waals surface area contributed by atoms with E-state index in [-0.39, 0.29) is 25.6 Å². The summed E-state index contributed by atoms with van der Waals surface area (Å²) in [6, 6.07) is 23.2. The van der Waals surface area contributed by atoms with Gasteiger partial charge in [-0.05, 0) is 41.2 Å². The van der Waals surface area contributed by atoms with Gasteiger partial charge >= 0.3 is 12.1 Å². The fraction of sp³-hybridized carbons (Fsp3) is 0.323. The van der Waals surface area contributed by atoms with Gasteiger partial charge in [0.25, 0.3) is 0 Å². The Morgan fingerprint density at radius 3 is 2.05 bits per heavy atom. The highest BCUT2D eigenvalue weighted by molar-refractivity contribution is 5.89. The molecule has 3 aromatic rings. The summed E-state index contributed by atoms with van der Waals surface area (Å²) < 4.78 is 11.5. The van der Waals surface area contributed by atoms with Gasteiger partial charge in [0.1, 0.15) is 18.7 Å². The third-order valence-corrected chi connectivity index (χ3v) is 6.92. The lowest BCUT2D eigenvalue weighted by Gasteiger charge is -2.26. The highest BCUT2D eigenvalue weighted by atomic mass is 16.5. The molecule has 3 N–H and O–H groups in total. The van der Waals surface area contributed by atoms with Gasteiger partial charge in [-0.2, -0.15) is 0 Å². The zero-order chi connectivity index (χ0) is 27.8. The molecule has 0 aliphatic heterocycles. The van der Waals surface area contributed by atoms with Gasteiger partial charge in [-0.3, -0.25) is 4.79 Å². The molecule has 3 atom stereocenters. The number of nitrogens with one attached hydrogen (secondary N) is 2. The fourth-order valence-corrected chi connectivity index (χ4v) is 4.87. The van der Waals surface area contributed by atoms with E-state index in [2.05, 4.69) is 22.8 Å². The van der Waals surface area contributed by atoms with Crippen molar-refractivity contribution >= 4 is 18.0 Å². The molecule has 0 unspecified atom stereocenters. The number of aliphatic carboxylic acids is 1. The lowest BCUT2D eigenvalue weighted by Crippen LogP contribution is -2.56. The highest BCUT2D eigenvalue weighted by Crippen LogP contribution is 2.44. The molecule has 0 spiro atoms. The van der Waals surface area contributed by atoms with Crippen molar-refractivity contribution in [1.29, 1.82) is 0 Å². The Morgan fingerprint density at radius 1 is 0.872 bits per heavy atom. The molecular formula is C31H34N2O6. The lowest BCUT2D eigenvalue weighted by atomic mass is 9.98. The summed E-state index contributed by atoms with van der Waals surface area (Å²) in [5.41, 5.74) is 5.27. The molecule has 204 valence electrons. The molecule has 0 heterocycles. The first-order valence-corrected chi connectivity index (χ1v) is 13.2. The predicted octanol–water partition coefficient (Wildman–Crippen LogP) is 4.87. The number of benzene rings is 3. The monoisotopic (exact) mass is 530 g/mol. The Kier molecular flexibility index (Phi) is 9.33. The molecule has 0 fully saturated rings. The van der Waals surface area contributed by atoms with E-state index in [0.29, 0.717) is 6.42 Å². The standard InChI is InChI=1S/C31H34N2O6/c1-3-11-27(30(35)36)32-29(34)28(20(2)38-18-21-12-5-4-6-13-21)33-31(37)39-19-26-24-16-9-7-14-22(24)23-15-8-10-17-25(23)26/h4-10,12-17,20,26-28H,3,11,18-19H2,1-2H3,(H,32,34)(H,33,37)(H,35,36)/t20-,27+,28+/m0/s1. The van der Waals surface area contributed by atoms with Crippen molar-refractivity contribution in [3.05, 3.63) is 95.6 Å². The van der Waals surface area contributed by atoms with Crippen LogP contribution in [0, 0.1) is 0 Å². The van der Waals surface area contributed by atoms with E-state index in [1.807, 2.05) is 73.7 Å². The van der Waals surface area contributed by atoms with Crippen LogP contribution in [0.4, 0.5) is 4.79 Å².